The molecule has 0 fully saturated rings. The van der Waals surface area contributed by atoms with E-state index in [2.05, 4.69) is 111 Å². The van der Waals surface area contributed by atoms with Gasteiger partial charge in [-0.15, -0.1) is 0 Å². The fourth-order valence-electron chi connectivity index (χ4n) is 5.39. The van der Waals surface area contributed by atoms with Crippen LogP contribution in [0.15, 0.2) is 97.1 Å². The second kappa shape index (κ2) is 13.3. The average Bonchev–Trinajstić information content (AvgIpc) is 2.95. The summed E-state index contributed by atoms with van der Waals surface area (Å²) in [4.78, 5) is 15.5. The Bertz CT molecular complexity index is 1350. The highest BCUT2D eigenvalue weighted by molar-refractivity contribution is 5.74. The van der Waals surface area contributed by atoms with E-state index in [9.17, 15) is 4.79 Å². The zero-order valence-corrected chi connectivity index (χ0v) is 23.7. The maximum absolute atomic E-state index is 13.1. The first-order valence-corrected chi connectivity index (χ1v) is 13.7. The molecule has 2 atom stereocenters. The maximum atomic E-state index is 13.1. The number of ether oxygens (including phenoxy) is 2. The van der Waals surface area contributed by atoms with Gasteiger partial charge in [-0.3, -0.25) is 9.69 Å². The molecule has 39 heavy (non-hydrogen) atoms. The Morgan fingerprint density at radius 3 is 2.08 bits per heavy atom. The van der Waals surface area contributed by atoms with Crippen molar-refractivity contribution in [1.82, 2.24) is 4.90 Å². The average molecular weight is 522 g/mol. The summed E-state index contributed by atoms with van der Waals surface area (Å²) in [6.07, 6.45) is 0.233. The number of benzene rings is 4. The van der Waals surface area contributed by atoms with Crippen molar-refractivity contribution in [2.45, 2.75) is 52.7 Å². The molecule has 4 aromatic rings. The molecule has 0 spiro atoms. The van der Waals surface area contributed by atoms with Crippen molar-refractivity contribution in [2.24, 2.45) is 0 Å². The lowest BCUT2D eigenvalue weighted by Crippen LogP contribution is -2.33. The van der Waals surface area contributed by atoms with Gasteiger partial charge in [0.25, 0.3) is 0 Å². The number of rotatable bonds is 11. The molecule has 0 saturated heterocycles. The van der Waals surface area contributed by atoms with E-state index in [1.807, 2.05) is 19.1 Å². The fourth-order valence-corrected chi connectivity index (χ4v) is 5.39. The van der Waals surface area contributed by atoms with Gasteiger partial charge in [-0.1, -0.05) is 78.9 Å². The molecule has 0 unspecified atom stereocenters. The van der Waals surface area contributed by atoms with Crippen molar-refractivity contribution in [3.05, 3.63) is 125 Å². The topological polar surface area (TPSA) is 38.8 Å². The molecule has 4 heteroatoms. The Hall–Kier alpha value is -3.89. The largest absolute Gasteiger partial charge is 0.497 e. The van der Waals surface area contributed by atoms with Crippen LogP contribution in [0.25, 0.3) is 11.1 Å². The van der Waals surface area contributed by atoms with Gasteiger partial charge in [0, 0.05) is 18.6 Å². The minimum atomic E-state index is -0.238. The summed E-state index contributed by atoms with van der Waals surface area (Å²) in [5.41, 5.74) is 8.09. The third-order valence-electron chi connectivity index (χ3n) is 7.37. The van der Waals surface area contributed by atoms with Crippen molar-refractivity contribution in [2.75, 3.05) is 13.7 Å². The first-order valence-electron chi connectivity index (χ1n) is 13.7. The quantitative estimate of drug-likeness (QED) is 0.186. The third-order valence-corrected chi connectivity index (χ3v) is 7.37. The van der Waals surface area contributed by atoms with E-state index in [-0.39, 0.29) is 24.5 Å². The van der Waals surface area contributed by atoms with E-state index in [1.54, 1.807) is 7.11 Å². The number of esters is 1. The van der Waals surface area contributed by atoms with Gasteiger partial charge in [0.05, 0.1) is 20.1 Å². The van der Waals surface area contributed by atoms with E-state index >= 15 is 0 Å². The second-order valence-corrected chi connectivity index (χ2v) is 10.0. The number of nitrogens with zero attached hydrogens (tertiary/aromatic N) is 1. The van der Waals surface area contributed by atoms with Crippen LogP contribution in [0.3, 0.4) is 0 Å². The summed E-state index contributed by atoms with van der Waals surface area (Å²) in [5, 5.41) is 0. The second-order valence-electron chi connectivity index (χ2n) is 10.0. The van der Waals surface area contributed by atoms with Crippen molar-refractivity contribution < 1.29 is 14.3 Å². The predicted molar refractivity (Wildman–Crippen MR) is 159 cm³/mol. The van der Waals surface area contributed by atoms with Crippen molar-refractivity contribution in [3.8, 4) is 16.9 Å². The summed E-state index contributed by atoms with van der Waals surface area (Å²) >= 11 is 0. The molecule has 0 aliphatic heterocycles. The summed E-state index contributed by atoms with van der Waals surface area (Å²) in [7, 11) is 1.70. The van der Waals surface area contributed by atoms with Gasteiger partial charge in [0.2, 0.25) is 0 Å². The summed E-state index contributed by atoms with van der Waals surface area (Å²) < 4.78 is 11.3. The first kappa shape index (κ1) is 28.1. The molecule has 202 valence electrons. The van der Waals surface area contributed by atoms with Crippen molar-refractivity contribution >= 4 is 5.97 Å². The molecular formula is C35H39NO3. The lowest BCUT2D eigenvalue weighted by molar-refractivity contribution is -0.145. The molecule has 0 N–H and O–H groups in total. The van der Waals surface area contributed by atoms with Crippen molar-refractivity contribution in [1.29, 1.82) is 0 Å². The zero-order chi connectivity index (χ0) is 27.8. The van der Waals surface area contributed by atoms with E-state index in [0.29, 0.717) is 13.2 Å². The predicted octanol–water partition coefficient (Wildman–Crippen LogP) is 8.24. The van der Waals surface area contributed by atoms with Crippen LogP contribution in [-0.2, 0) is 16.1 Å². The summed E-state index contributed by atoms with van der Waals surface area (Å²) in [6, 6.07) is 33.4. The van der Waals surface area contributed by atoms with Crippen LogP contribution in [0.2, 0.25) is 0 Å². The maximum Gasteiger partial charge on any atom is 0.307 e. The Labute approximate surface area is 233 Å². The third kappa shape index (κ3) is 6.96. The smallest absolute Gasteiger partial charge is 0.307 e. The molecule has 4 aromatic carbocycles. The van der Waals surface area contributed by atoms with E-state index < -0.39 is 0 Å². The van der Waals surface area contributed by atoms with Crippen LogP contribution < -0.4 is 4.74 Å². The molecule has 0 aliphatic rings. The van der Waals surface area contributed by atoms with Gasteiger partial charge < -0.3 is 9.47 Å². The Morgan fingerprint density at radius 1 is 0.821 bits per heavy atom. The van der Waals surface area contributed by atoms with Crippen molar-refractivity contribution in [3.63, 3.8) is 0 Å². The van der Waals surface area contributed by atoms with Crippen LogP contribution in [0.1, 0.15) is 60.2 Å². The monoisotopic (exact) mass is 521 g/mol. The van der Waals surface area contributed by atoms with Gasteiger partial charge in [-0.05, 0) is 84.8 Å². The molecular weight excluding hydrogens is 482 g/mol. The standard InChI is InChI=1S/C35H39NO3/c1-6-39-34(37)23-33(30-20-31(22-32(21-30)38-5)35-25(2)14-13-15-26(35)3)36(24-28-16-9-7-10-17-28)27(4)29-18-11-8-12-19-29/h7-22,27,33H,6,23-24H2,1-5H3/t27-,33+/m1/s1. The number of aryl methyl sites for hydroxylation is 2. The summed E-state index contributed by atoms with van der Waals surface area (Å²) in [5.74, 6) is 0.559. The Balaban J connectivity index is 1.89. The SMILES string of the molecule is CCOC(=O)C[C@@H](c1cc(OC)cc(-c2c(C)cccc2C)c1)N(Cc1ccccc1)[C@H](C)c1ccccc1. The molecule has 0 aromatic heterocycles. The van der Waals surface area contributed by atoms with Gasteiger partial charge >= 0.3 is 5.97 Å². The minimum Gasteiger partial charge on any atom is -0.497 e. The fraction of sp³-hybridized carbons (Fsp3) is 0.286. The number of carbonyl (C=O) groups is 1. The van der Waals surface area contributed by atoms with E-state index in [4.69, 9.17) is 9.47 Å². The van der Waals surface area contributed by atoms with E-state index in [1.165, 1.54) is 27.8 Å². The molecule has 4 rings (SSSR count). The van der Waals surface area contributed by atoms with Gasteiger partial charge in [-0.2, -0.15) is 0 Å². The molecule has 0 radical (unpaired) electrons. The highest BCUT2D eigenvalue weighted by Gasteiger charge is 2.30. The molecule has 0 bridgehead atoms. The van der Waals surface area contributed by atoms with E-state index in [0.717, 1.165) is 16.9 Å². The lowest BCUT2D eigenvalue weighted by atomic mass is 9.90. The van der Waals surface area contributed by atoms with Gasteiger partial charge in [0.15, 0.2) is 0 Å². The number of hydrogen-bond donors (Lipinski definition) is 0. The van der Waals surface area contributed by atoms with Crippen LogP contribution in [-0.4, -0.2) is 24.6 Å². The molecule has 0 aliphatic carbocycles. The molecule has 4 nitrogen and oxygen atoms in total. The lowest BCUT2D eigenvalue weighted by Gasteiger charge is -2.37. The minimum absolute atomic E-state index is 0.0423. The number of hydrogen-bond acceptors (Lipinski definition) is 4. The molecule has 0 amide bonds. The first-order chi connectivity index (χ1) is 18.9. The molecule has 0 saturated carbocycles. The normalized spacial score (nSPS) is 12.7. The highest BCUT2D eigenvalue weighted by Crippen LogP contribution is 2.39. The van der Waals surface area contributed by atoms with Crippen LogP contribution in [0, 0.1) is 13.8 Å². The Kier molecular flexibility index (Phi) is 9.56. The van der Waals surface area contributed by atoms with Crippen LogP contribution in [0.4, 0.5) is 0 Å². The summed E-state index contributed by atoms with van der Waals surface area (Å²) in [6.45, 7) is 9.36. The molecule has 0 heterocycles. The van der Waals surface area contributed by atoms with Gasteiger partial charge in [-0.25, -0.2) is 0 Å². The van der Waals surface area contributed by atoms with Crippen LogP contribution >= 0.6 is 0 Å². The zero-order valence-electron chi connectivity index (χ0n) is 23.7. The number of carbonyl (C=O) groups excluding carboxylic acids is 1. The van der Waals surface area contributed by atoms with Gasteiger partial charge in [0.1, 0.15) is 5.75 Å². The Morgan fingerprint density at radius 2 is 1.46 bits per heavy atom. The highest BCUT2D eigenvalue weighted by atomic mass is 16.5. The van der Waals surface area contributed by atoms with Crippen LogP contribution in [0.5, 0.6) is 5.75 Å². The number of methoxy groups -OCH3 is 1.